The molecule has 1 aromatic heterocycles. The molecule has 2 saturated heterocycles. The second-order valence-corrected chi connectivity index (χ2v) is 7.54. The molecule has 1 amide bonds. The van der Waals surface area contributed by atoms with Crippen LogP contribution in [-0.4, -0.2) is 53.0 Å². The lowest BCUT2D eigenvalue weighted by molar-refractivity contribution is -0.141. The summed E-state index contributed by atoms with van der Waals surface area (Å²) in [6.45, 7) is 5.37. The highest BCUT2D eigenvalue weighted by Gasteiger charge is 2.41. The van der Waals surface area contributed by atoms with Gasteiger partial charge in [0, 0.05) is 50.7 Å². The molecule has 1 atom stereocenters. The summed E-state index contributed by atoms with van der Waals surface area (Å²) >= 11 is 0. The normalized spacial score (nSPS) is 20.7. The summed E-state index contributed by atoms with van der Waals surface area (Å²) in [4.78, 5) is 31.6. The summed E-state index contributed by atoms with van der Waals surface area (Å²) in [5.41, 5.74) is 1.54. The molecule has 1 N–H and O–H groups in total. The fourth-order valence-corrected chi connectivity index (χ4v) is 3.97. The number of anilines is 1. The number of carboxylic acid groups (broad SMARTS) is 1. The maximum absolute atomic E-state index is 12.3. The number of carbonyl (C=O) groups excluding carboxylic acids is 1. The van der Waals surface area contributed by atoms with E-state index in [1.54, 1.807) is 6.92 Å². The Morgan fingerprint density at radius 2 is 1.84 bits per heavy atom. The number of aromatic nitrogens is 1. The monoisotopic (exact) mass is 345 g/mol. The zero-order valence-corrected chi connectivity index (χ0v) is 14.9. The van der Waals surface area contributed by atoms with Gasteiger partial charge in [0.15, 0.2) is 0 Å². The van der Waals surface area contributed by atoms with Crippen molar-refractivity contribution in [3.63, 3.8) is 0 Å². The van der Waals surface area contributed by atoms with E-state index in [2.05, 4.69) is 22.0 Å². The van der Waals surface area contributed by atoms with Crippen LogP contribution in [0.15, 0.2) is 24.5 Å². The fraction of sp³-hybridized carbons (Fsp3) is 0.632. The maximum Gasteiger partial charge on any atom is 0.306 e. The van der Waals surface area contributed by atoms with Crippen molar-refractivity contribution in [2.24, 2.45) is 11.3 Å². The fourth-order valence-electron chi connectivity index (χ4n) is 3.97. The number of hydrogen-bond donors (Lipinski definition) is 1. The Hall–Kier alpha value is -2.11. The summed E-state index contributed by atoms with van der Waals surface area (Å²) in [6, 6.07) is 4.11. The van der Waals surface area contributed by atoms with Gasteiger partial charge in [0.05, 0.1) is 5.92 Å². The Balaban J connectivity index is 1.49. The van der Waals surface area contributed by atoms with Crippen molar-refractivity contribution in [1.82, 2.24) is 9.88 Å². The molecule has 0 bridgehead atoms. The van der Waals surface area contributed by atoms with Gasteiger partial charge in [0.1, 0.15) is 0 Å². The molecule has 2 aliphatic rings. The lowest BCUT2D eigenvalue weighted by atomic mass is 9.77. The number of carboxylic acids is 1. The number of piperidine rings is 1. The van der Waals surface area contributed by atoms with Gasteiger partial charge in [-0.05, 0) is 43.2 Å². The number of rotatable bonds is 5. The van der Waals surface area contributed by atoms with Crippen molar-refractivity contribution in [2.45, 2.75) is 39.0 Å². The molecule has 2 aliphatic heterocycles. The van der Waals surface area contributed by atoms with Crippen LogP contribution in [-0.2, 0) is 9.59 Å². The van der Waals surface area contributed by atoms with Gasteiger partial charge in [-0.2, -0.15) is 0 Å². The first-order valence-corrected chi connectivity index (χ1v) is 9.15. The van der Waals surface area contributed by atoms with Crippen molar-refractivity contribution in [2.75, 3.05) is 31.1 Å². The lowest BCUT2D eigenvalue weighted by Gasteiger charge is -2.39. The third kappa shape index (κ3) is 4.11. The molecule has 0 radical (unpaired) electrons. The molecular formula is C19H27N3O3. The largest absolute Gasteiger partial charge is 0.481 e. The van der Waals surface area contributed by atoms with Crippen molar-refractivity contribution in [3.8, 4) is 0 Å². The number of nitrogens with zero attached hydrogens (tertiary/aromatic N) is 3. The summed E-state index contributed by atoms with van der Waals surface area (Å²) in [5, 5.41) is 8.93. The highest BCUT2D eigenvalue weighted by molar-refractivity contribution is 5.77. The highest BCUT2D eigenvalue weighted by Crippen LogP contribution is 2.41. The van der Waals surface area contributed by atoms with E-state index in [9.17, 15) is 9.59 Å². The van der Waals surface area contributed by atoms with Crippen molar-refractivity contribution < 1.29 is 14.7 Å². The van der Waals surface area contributed by atoms with Crippen molar-refractivity contribution >= 4 is 17.6 Å². The van der Waals surface area contributed by atoms with Crippen LogP contribution in [0.25, 0.3) is 0 Å². The van der Waals surface area contributed by atoms with Gasteiger partial charge in [-0.3, -0.25) is 14.6 Å². The molecule has 0 aliphatic carbocycles. The third-order valence-corrected chi connectivity index (χ3v) is 5.86. The number of pyridine rings is 1. The first-order valence-electron chi connectivity index (χ1n) is 9.15. The SMILES string of the molecule is C[C@@H](CCC(=O)N1CCC2(CC1)CCN(c1ccncc1)C2)C(=O)O. The molecule has 0 unspecified atom stereocenters. The van der Waals surface area contributed by atoms with Crippen LogP contribution in [0.1, 0.15) is 39.0 Å². The summed E-state index contributed by atoms with van der Waals surface area (Å²) in [6.07, 6.45) is 7.67. The Morgan fingerprint density at radius 1 is 1.20 bits per heavy atom. The molecule has 1 aromatic rings. The zero-order valence-electron chi connectivity index (χ0n) is 14.9. The molecule has 6 heteroatoms. The molecule has 0 saturated carbocycles. The zero-order chi connectivity index (χ0) is 17.9. The van der Waals surface area contributed by atoms with Crippen LogP contribution in [0.3, 0.4) is 0 Å². The van der Waals surface area contributed by atoms with Crippen LogP contribution in [0.2, 0.25) is 0 Å². The van der Waals surface area contributed by atoms with Gasteiger partial charge < -0.3 is 14.9 Å². The molecule has 2 fully saturated rings. The maximum atomic E-state index is 12.3. The first-order chi connectivity index (χ1) is 12.0. The van der Waals surface area contributed by atoms with Crippen LogP contribution < -0.4 is 4.90 Å². The van der Waals surface area contributed by atoms with E-state index >= 15 is 0 Å². The molecule has 3 heterocycles. The molecular weight excluding hydrogens is 318 g/mol. The minimum absolute atomic E-state index is 0.104. The molecule has 3 rings (SSSR count). The smallest absolute Gasteiger partial charge is 0.306 e. The molecule has 136 valence electrons. The van der Waals surface area contributed by atoms with Gasteiger partial charge in [0.25, 0.3) is 0 Å². The molecule has 1 spiro atoms. The Kier molecular flexibility index (Phi) is 5.25. The standard InChI is InChI=1S/C19H27N3O3/c1-15(18(24)25)2-3-17(23)21-11-6-19(7-12-21)8-13-22(14-19)16-4-9-20-10-5-16/h4-5,9-10,15H,2-3,6-8,11-14H2,1H3,(H,24,25)/t15-/m0/s1. The van der Waals surface area contributed by atoms with E-state index < -0.39 is 11.9 Å². The van der Waals surface area contributed by atoms with E-state index in [1.807, 2.05) is 17.3 Å². The van der Waals surface area contributed by atoms with E-state index in [1.165, 1.54) is 12.1 Å². The van der Waals surface area contributed by atoms with E-state index in [0.29, 0.717) is 18.3 Å². The topological polar surface area (TPSA) is 73.7 Å². The third-order valence-electron chi connectivity index (χ3n) is 5.86. The summed E-state index contributed by atoms with van der Waals surface area (Å²) in [7, 11) is 0. The number of likely N-dealkylation sites (tertiary alicyclic amines) is 1. The van der Waals surface area contributed by atoms with Gasteiger partial charge in [-0.1, -0.05) is 6.92 Å². The van der Waals surface area contributed by atoms with Crippen LogP contribution in [0, 0.1) is 11.3 Å². The molecule has 0 aromatic carbocycles. The Labute approximate surface area is 148 Å². The second-order valence-electron chi connectivity index (χ2n) is 7.54. The predicted molar refractivity (Wildman–Crippen MR) is 95.3 cm³/mol. The number of hydrogen-bond acceptors (Lipinski definition) is 4. The van der Waals surface area contributed by atoms with Crippen molar-refractivity contribution in [3.05, 3.63) is 24.5 Å². The minimum atomic E-state index is -0.826. The van der Waals surface area contributed by atoms with Gasteiger partial charge >= 0.3 is 5.97 Å². The van der Waals surface area contributed by atoms with Crippen LogP contribution >= 0.6 is 0 Å². The van der Waals surface area contributed by atoms with Crippen molar-refractivity contribution in [1.29, 1.82) is 0 Å². The van der Waals surface area contributed by atoms with Gasteiger partial charge in [-0.25, -0.2) is 0 Å². The second kappa shape index (κ2) is 7.42. The van der Waals surface area contributed by atoms with Gasteiger partial charge in [-0.15, -0.1) is 0 Å². The highest BCUT2D eigenvalue weighted by atomic mass is 16.4. The molecule has 6 nitrogen and oxygen atoms in total. The predicted octanol–water partition coefficient (Wildman–Crippen LogP) is 2.40. The quantitative estimate of drug-likeness (QED) is 0.887. The van der Waals surface area contributed by atoms with Crippen LogP contribution in [0.4, 0.5) is 5.69 Å². The minimum Gasteiger partial charge on any atom is -0.481 e. The average Bonchev–Trinajstić information content (AvgIpc) is 3.04. The number of carbonyl (C=O) groups is 2. The lowest BCUT2D eigenvalue weighted by Crippen LogP contribution is -2.44. The van der Waals surface area contributed by atoms with E-state index in [4.69, 9.17) is 5.11 Å². The number of aliphatic carboxylic acids is 1. The molecule has 25 heavy (non-hydrogen) atoms. The number of amides is 1. The van der Waals surface area contributed by atoms with Gasteiger partial charge in [0.2, 0.25) is 5.91 Å². The van der Waals surface area contributed by atoms with Crippen LogP contribution in [0.5, 0.6) is 0 Å². The summed E-state index contributed by atoms with van der Waals surface area (Å²) in [5.74, 6) is -1.18. The van der Waals surface area contributed by atoms with E-state index in [-0.39, 0.29) is 5.91 Å². The summed E-state index contributed by atoms with van der Waals surface area (Å²) < 4.78 is 0. The average molecular weight is 345 g/mol. The first kappa shape index (κ1) is 17.7. The Morgan fingerprint density at radius 3 is 2.48 bits per heavy atom. The Bertz CT molecular complexity index is 612. The van der Waals surface area contributed by atoms with E-state index in [0.717, 1.165) is 39.0 Å².